The first-order valence-corrected chi connectivity index (χ1v) is 9.77. The highest BCUT2D eigenvalue weighted by Gasteiger charge is 2.24. The molecule has 0 aliphatic rings. The van der Waals surface area contributed by atoms with Gasteiger partial charge in [0, 0.05) is 30.8 Å². The van der Waals surface area contributed by atoms with Gasteiger partial charge in [0.15, 0.2) is 5.82 Å². The zero-order valence-corrected chi connectivity index (χ0v) is 17.7. The number of halogens is 4. The van der Waals surface area contributed by atoms with Gasteiger partial charge in [0.25, 0.3) is 6.43 Å². The lowest BCUT2D eigenvalue weighted by atomic mass is 10.0. The molecule has 3 heterocycles. The van der Waals surface area contributed by atoms with Gasteiger partial charge in [-0.25, -0.2) is 27.8 Å². The summed E-state index contributed by atoms with van der Waals surface area (Å²) in [6.45, 7) is 3.48. The van der Waals surface area contributed by atoms with Crippen molar-refractivity contribution in [1.82, 2.24) is 29.5 Å². The van der Waals surface area contributed by atoms with E-state index in [1.807, 2.05) is 14.0 Å². The minimum absolute atomic E-state index is 0.0819. The van der Waals surface area contributed by atoms with E-state index >= 15 is 0 Å². The molecule has 0 fully saturated rings. The number of aromatic nitrogens is 6. The smallest absolute Gasteiger partial charge is 0.271 e. The van der Waals surface area contributed by atoms with E-state index < -0.39 is 12.1 Å². The quantitative estimate of drug-likeness (QED) is 0.433. The zero-order chi connectivity index (χ0) is 22.3. The highest BCUT2D eigenvalue weighted by Crippen LogP contribution is 2.31. The standard InChI is InChI=1S/C21H18ClF3N6/c1-11-16(30(3)29-19(11)13-4-6-14(23)7-5-13)8-15-9-17(27-10-26-15)31-20(21(24)25)18(22)12(2)28-31/h4-7,9-10,21H,8H2,1-3H3. The van der Waals surface area contributed by atoms with Crippen LogP contribution in [0.4, 0.5) is 13.2 Å². The van der Waals surface area contributed by atoms with Crippen molar-refractivity contribution in [2.24, 2.45) is 7.05 Å². The number of alkyl halides is 2. The Hall–Kier alpha value is -3.20. The fourth-order valence-corrected chi connectivity index (χ4v) is 3.65. The Labute approximate surface area is 181 Å². The molecule has 10 heteroatoms. The molecule has 4 rings (SSSR count). The summed E-state index contributed by atoms with van der Waals surface area (Å²) in [4.78, 5) is 8.37. The Bertz CT molecular complexity index is 1250. The number of rotatable bonds is 5. The second kappa shape index (κ2) is 8.14. The summed E-state index contributed by atoms with van der Waals surface area (Å²) in [5.41, 5.74) is 3.83. The molecule has 3 aromatic heterocycles. The van der Waals surface area contributed by atoms with E-state index in [2.05, 4.69) is 20.2 Å². The van der Waals surface area contributed by atoms with Crippen molar-refractivity contribution in [2.75, 3.05) is 0 Å². The van der Waals surface area contributed by atoms with Gasteiger partial charge in [-0.15, -0.1) is 0 Å². The number of hydrogen-bond acceptors (Lipinski definition) is 4. The molecule has 0 aliphatic carbocycles. The van der Waals surface area contributed by atoms with E-state index in [-0.39, 0.29) is 16.7 Å². The largest absolute Gasteiger partial charge is 0.282 e. The highest BCUT2D eigenvalue weighted by molar-refractivity contribution is 6.31. The van der Waals surface area contributed by atoms with Crippen molar-refractivity contribution in [1.29, 1.82) is 0 Å². The third-order valence-electron chi connectivity index (χ3n) is 5.05. The average molecular weight is 447 g/mol. The molecular formula is C21H18ClF3N6. The molecular weight excluding hydrogens is 429 g/mol. The van der Waals surface area contributed by atoms with Crippen molar-refractivity contribution < 1.29 is 13.2 Å². The maximum Gasteiger partial charge on any atom is 0.282 e. The lowest BCUT2D eigenvalue weighted by molar-refractivity contribution is 0.142. The molecule has 0 radical (unpaired) electrons. The minimum Gasteiger partial charge on any atom is -0.271 e. The summed E-state index contributed by atoms with van der Waals surface area (Å²) in [5.74, 6) is -0.114. The Morgan fingerprint density at radius 3 is 2.45 bits per heavy atom. The van der Waals surface area contributed by atoms with Crippen LogP contribution < -0.4 is 0 Å². The van der Waals surface area contributed by atoms with Crippen LogP contribution in [0.1, 0.15) is 34.8 Å². The molecule has 4 aromatic rings. The second-order valence-corrected chi connectivity index (χ2v) is 7.47. The molecule has 0 saturated carbocycles. The first kappa shape index (κ1) is 21.0. The fourth-order valence-electron chi connectivity index (χ4n) is 3.45. The predicted octanol–water partition coefficient (Wildman–Crippen LogP) is 5.00. The summed E-state index contributed by atoms with van der Waals surface area (Å²) in [6, 6.07) is 7.72. The van der Waals surface area contributed by atoms with Gasteiger partial charge in [0.05, 0.1) is 22.1 Å². The van der Waals surface area contributed by atoms with Crippen molar-refractivity contribution in [2.45, 2.75) is 26.7 Å². The Morgan fingerprint density at radius 2 is 1.77 bits per heavy atom. The molecule has 1 aromatic carbocycles. The van der Waals surface area contributed by atoms with Gasteiger partial charge in [-0.1, -0.05) is 11.6 Å². The van der Waals surface area contributed by atoms with Crippen molar-refractivity contribution in [3.63, 3.8) is 0 Å². The molecule has 0 bridgehead atoms. The third-order valence-corrected chi connectivity index (χ3v) is 5.52. The predicted molar refractivity (Wildman–Crippen MR) is 110 cm³/mol. The summed E-state index contributed by atoms with van der Waals surface area (Å²) in [5, 5.41) is 8.58. The van der Waals surface area contributed by atoms with Gasteiger partial charge in [0.1, 0.15) is 17.8 Å². The SMILES string of the molecule is Cc1nn(-c2cc(Cc3c(C)c(-c4ccc(F)cc4)nn3C)ncn2)c(C(F)F)c1Cl. The number of nitrogens with zero attached hydrogens (tertiary/aromatic N) is 6. The van der Waals surface area contributed by atoms with Crippen LogP contribution in [0.2, 0.25) is 5.02 Å². The van der Waals surface area contributed by atoms with Crippen LogP contribution in [0.15, 0.2) is 36.7 Å². The molecule has 0 unspecified atom stereocenters. The van der Waals surface area contributed by atoms with E-state index in [0.717, 1.165) is 27.2 Å². The van der Waals surface area contributed by atoms with Crippen LogP contribution in [-0.4, -0.2) is 29.5 Å². The summed E-state index contributed by atoms with van der Waals surface area (Å²) in [7, 11) is 1.81. The van der Waals surface area contributed by atoms with Crippen LogP contribution >= 0.6 is 11.6 Å². The molecule has 160 valence electrons. The van der Waals surface area contributed by atoms with Gasteiger partial charge in [-0.3, -0.25) is 4.68 Å². The first-order valence-electron chi connectivity index (χ1n) is 9.39. The molecule has 0 amide bonds. The summed E-state index contributed by atoms with van der Waals surface area (Å²) in [6.07, 6.45) is -1.11. The Balaban J connectivity index is 1.70. The lowest BCUT2D eigenvalue weighted by Gasteiger charge is -2.08. The van der Waals surface area contributed by atoms with Crippen molar-refractivity contribution in [3.8, 4) is 17.1 Å². The van der Waals surface area contributed by atoms with Gasteiger partial charge in [-0.2, -0.15) is 10.2 Å². The highest BCUT2D eigenvalue weighted by atomic mass is 35.5. The molecule has 0 spiro atoms. The van der Waals surface area contributed by atoms with E-state index in [1.54, 1.807) is 29.8 Å². The van der Waals surface area contributed by atoms with Crippen molar-refractivity contribution in [3.05, 3.63) is 75.8 Å². The number of hydrogen-bond donors (Lipinski definition) is 0. The molecule has 6 nitrogen and oxygen atoms in total. The average Bonchev–Trinajstić information content (AvgIpc) is 3.19. The molecule has 31 heavy (non-hydrogen) atoms. The minimum atomic E-state index is -2.80. The second-order valence-electron chi connectivity index (χ2n) is 7.09. The van der Waals surface area contributed by atoms with Gasteiger partial charge >= 0.3 is 0 Å². The monoisotopic (exact) mass is 446 g/mol. The van der Waals surface area contributed by atoms with E-state index in [0.29, 0.717) is 17.8 Å². The Kier molecular flexibility index (Phi) is 5.53. The van der Waals surface area contributed by atoms with Crippen LogP contribution in [0.3, 0.4) is 0 Å². The van der Waals surface area contributed by atoms with Crippen LogP contribution in [-0.2, 0) is 13.5 Å². The topological polar surface area (TPSA) is 61.4 Å². The van der Waals surface area contributed by atoms with Gasteiger partial charge < -0.3 is 0 Å². The Morgan fingerprint density at radius 1 is 1.06 bits per heavy atom. The van der Waals surface area contributed by atoms with Gasteiger partial charge in [0.2, 0.25) is 0 Å². The maximum atomic E-state index is 13.5. The number of benzene rings is 1. The van der Waals surface area contributed by atoms with E-state index in [9.17, 15) is 13.2 Å². The normalized spacial score (nSPS) is 11.5. The molecule has 0 saturated heterocycles. The fraction of sp³-hybridized carbons (Fsp3) is 0.238. The molecule has 0 aliphatic heterocycles. The first-order chi connectivity index (χ1) is 14.8. The third kappa shape index (κ3) is 3.93. The molecule has 0 N–H and O–H groups in total. The lowest BCUT2D eigenvalue weighted by Crippen LogP contribution is -2.08. The summed E-state index contributed by atoms with van der Waals surface area (Å²) >= 11 is 6.00. The summed E-state index contributed by atoms with van der Waals surface area (Å²) < 4.78 is 43.0. The van der Waals surface area contributed by atoms with Crippen LogP contribution in [0.5, 0.6) is 0 Å². The van der Waals surface area contributed by atoms with Gasteiger partial charge in [-0.05, 0) is 43.7 Å². The van der Waals surface area contributed by atoms with Crippen molar-refractivity contribution >= 4 is 11.6 Å². The zero-order valence-electron chi connectivity index (χ0n) is 16.9. The van der Waals surface area contributed by atoms with Crippen LogP contribution in [0.25, 0.3) is 17.1 Å². The molecule has 0 atom stereocenters. The van der Waals surface area contributed by atoms with E-state index in [4.69, 9.17) is 11.6 Å². The number of aryl methyl sites for hydroxylation is 2. The van der Waals surface area contributed by atoms with E-state index in [1.165, 1.54) is 18.5 Å². The van der Waals surface area contributed by atoms with Crippen LogP contribution in [0, 0.1) is 19.7 Å². The maximum absolute atomic E-state index is 13.5.